The van der Waals surface area contributed by atoms with Crippen molar-refractivity contribution in [1.82, 2.24) is 10.3 Å². The van der Waals surface area contributed by atoms with Crippen LogP contribution < -0.4 is 5.32 Å². The zero-order chi connectivity index (χ0) is 12.6. The number of hydrogen-bond acceptors (Lipinski definition) is 5. The topological polar surface area (TPSA) is 47.3 Å². The number of rotatable bonds is 8. The molecular weight excluding hydrogens is 272 g/mol. The third-order valence-electron chi connectivity index (χ3n) is 2.27. The lowest BCUT2D eigenvalue weighted by atomic mass is 10.4. The average molecular weight is 287 g/mol. The summed E-state index contributed by atoms with van der Waals surface area (Å²) in [5, 5.41) is 4.31. The Kier molecular flexibility index (Phi) is 5.67. The fourth-order valence-corrected chi connectivity index (χ4v) is 2.36. The highest BCUT2D eigenvalue weighted by Gasteiger charge is 1.99. The average Bonchev–Trinajstić information content (AvgIpc) is 3.00. The lowest BCUT2D eigenvalue weighted by Crippen LogP contribution is -2.16. The van der Waals surface area contributed by atoms with Crippen LogP contribution >= 0.6 is 22.9 Å². The number of nitrogens with one attached hydrogen (secondary N) is 1. The van der Waals surface area contributed by atoms with Crippen molar-refractivity contribution in [3.63, 3.8) is 0 Å². The highest BCUT2D eigenvalue weighted by Crippen LogP contribution is 2.17. The van der Waals surface area contributed by atoms with Gasteiger partial charge in [-0.25, -0.2) is 4.98 Å². The van der Waals surface area contributed by atoms with Gasteiger partial charge in [0, 0.05) is 13.2 Å². The summed E-state index contributed by atoms with van der Waals surface area (Å²) in [5.41, 5.74) is 0. The molecule has 0 fully saturated rings. The molecule has 0 atom stereocenters. The fourth-order valence-electron chi connectivity index (χ4n) is 1.43. The van der Waals surface area contributed by atoms with E-state index in [0.29, 0.717) is 13.2 Å². The molecule has 2 aromatic rings. The summed E-state index contributed by atoms with van der Waals surface area (Å²) >= 11 is 7.29. The van der Waals surface area contributed by atoms with Crippen LogP contribution in [0.15, 0.2) is 29.0 Å². The minimum absolute atomic E-state index is 0.537. The predicted octanol–water partition coefficient (Wildman–Crippen LogP) is 3.09. The summed E-state index contributed by atoms with van der Waals surface area (Å²) in [6.07, 6.45) is 4.29. The maximum absolute atomic E-state index is 5.79. The van der Waals surface area contributed by atoms with Crippen molar-refractivity contribution in [3.8, 4) is 0 Å². The number of ether oxygens (including phenoxy) is 1. The Labute approximate surface area is 115 Å². The molecule has 0 aromatic carbocycles. The number of thiazole rings is 1. The smallest absolute Gasteiger partial charge is 0.129 e. The van der Waals surface area contributed by atoms with Gasteiger partial charge in [0.25, 0.3) is 0 Å². The third kappa shape index (κ3) is 4.78. The van der Waals surface area contributed by atoms with Gasteiger partial charge in [-0.3, -0.25) is 0 Å². The van der Waals surface area contributed by atoms with E-state index >= 15 is 0 Å². The van der Waals surface area contributed by atoms with Crippen molar-refractivity contribution in [2.24, 2.45) is 0 Å². The molecule has 1 N–H and O–H groups in total. The van der Waals surface area contributed by atoms with Crippen LogP contribution in [0.2, 0.25) is 4.34 Å². The van der Waals surface area contributed by atoms with E-state index in [9.17, 15) is 0 Å². The predicted molar refractivity (Wildman–Crippen MR) is 71.8 cm³/mol. The molecule has 0 saturated heterocycles. The van der Waals surface area contributed by atoms with E-state index in [1.54, 1.807) is 12.5 Å². The minimum Gasteiger partial charge on any atom is -0.467 e. The van der Waals surface area contributed by atoms with Crippen molar-refractivity contribution in [2.75, 3.05) is 13.2 Å². The summed E-state index contributed by atoms with van der Waals surface area (Å²) in [6, 6.07) is 3.77. The molecule has 2 rings (SSSR count). The SMILES string of the molecule is Clc1cnc(CNCCCOCc2ccco2)s1. The quantitative estimate of drug-likeness (QED) is 0.758. The van der Waals surface area contributed by atoms with E-state index in [-0.39, 0.29) is 0 Å². The van der Waals surface area contributed by atoms with Gasteiger partial charge in [0.15, 0.2) is 0 Å². The summed E-state index contributed by atoms with van der Waals surface area (Å²) in [6.45, 7) is 2.91. The first-order chi connectivity index (χ1) is 8.84. The van der Waals surface area contributed by atoms with Crippen LogP contribution in [0.4, 0.5) is 0 Å². The summed E-state index contributed by atoms with van der Waals surface area (Å²) in [5.74, 6) is 0.861. The van der Waals surface area contributed by atoms with Crippen LogP contribution in [0.25, 0.3) is 0 Å². The molecule has 6 heteroatoms. The van der Waals surface area contributed by atoms with Gasteiger partial charge in [0.05, 0.1) is 12.5 Å². The van der Waals surface area contributed by atoms with Crippen LogP contribution in [0.1, 0.15) is 17.2 Å². The maximum atomic E-state index is 5.79. The van der Waals surface area contributed by atoms with Gasteiger partial charge in [0.2, 0.25) is 0 Å². The Balaban J connectivity index is 1.46. The molecule has 2 heterocycles. The first kappa shape index (κ1) is 13.5. The van der Waals surface area contributed by atoms with Crippen molar-refractivity contribution in [2.45, 2.75) is 19.6 Å². The standard InChI is InChI=1S/C12H15ClN2O2S/c13-11-7-15-12(18-11)8-14-4-2-5-16-9-10-3-1-6-17-10/h1,3,6-7,14H,2,4-5,8-9H2. The molecular formula is C12H15ClN2O2S. The Hall–Kier alpha value is -0.880. The monoisotopic (exact) mass is 286 g/mol. The van der Waals surface area contributed by atoms with Crippen molar-refractivity contribution in [1.29, 1.82) is 0 Å². The third-order valence-corrected chi connectivity index (χ3v) is 3.38. The molecule has 0 bridgehead atoms. The Morgan fingerprint density at radius 2 is 2.44 bits per heavy atom. The zero-order valence-corrected chi connectivity index (χ0v) is 11.5. The highest BCUT2D eigenvalue weighted by atomic mass is 35.5. The van der Waals surface area contributed by atoms with Gasteiger partial charge in [-0.1, -0.05) is 11.6 Å². The zero-order valence-electron chi connectivity index (χ0n) is 9.89. The largest absolute Gasteiger partial charge is 0.467 e. The van der Waals surface area contributed by atoms with Crippen molar-refractivity contribution < 1.29 is 9.15 Å². The molecule has 0 unspecified atom stereocenters. The number of halogens is 1. The summed E-state index contributed by atoms with van der Waals surface area (Å²) in [7, 11) is 0. The molecule has 98 valence electrons. The second-order valence-corrected chi connectivity index (χ2v) is 5.47. The lowest BCUT2D eigenvalue weighted by Gasteiger charge is -2.03. The molecule has 2 aromatic heterocycles. The molecule has 4 nitrogen and oxygen atoms in total. The van der Waals surface area contributed by atoms with E-state index in [1.807, 2.05) is 12.1 Å². The van der Waals surface area contributed by atoms with Crippen LogP contribution in [-0.4, -0.2) is 18.1 Å². The minimum atomic E-state index is 0.537. The first-order valence-electron chi connectivity index (χ1n) is 5.75. The number of aromatic nitrogens is 1. The van der Waals surface area contributed by atoms with Gasteiger partial charge in [-0.15, -0.1) is 11.3 Å². The van der Waals surface area contributed by atoms with E-state index in [0.717, 1.165) is 34.6 Å². The van der Waals surface area contributed by atoms with Crippen molar-refractivity contribution in [3.05, 3.63) is 39.7 Å². The van der Waals surface area contributed by atoms with Crippen LogP contribution in [0.5, 0.6) is 0 Å². The highest BCUT2D eigenvalue weighted by molar-refractivity contribution is 7.15. The Morgan fingerprint density at radius 1 is 1.50 bits per heavy atom. The van der Waals surface area contributed by atoms with E-state index < -0.39 is 0 Å². The second-order valence-electron chi connectivity index (χ2n) is 3.72. The molecule has 0 saturated carbocycles. The van der Waals surface area contributed by atoms with Gasteiger partial charge in [-0.2, -0.15) is 0 Å². The lowest BCUT2D eigenvalue weighted by molar-refractivity contribution is 0.104. The van der Waals surface area contributed by atoms with Crippen LogP contribution in [0.3, 0.4) is 0 Å². The Bertz CT molecular complexity index is 445. The van der Waals surface area contributed by atoms with E-state index in [2.05, 4.69) is 10.3 Å². The van der Waals surface area contributed by atoms with Crippen LogP contribution in [-0.2, 0) is 17.9 Å². The molecule has 0 radical (unpaired) electrons. The molecule has 0 aliphatic rings. The van der Waals surface area contributed by atoms with Gasteiger partial charge < -0.3 is 14.5 Å². The first-order valence-corrected chi connectivity index (χ1v) is 6.95. The van der Waals surface area contributed by atoms with Gasteiger partial charge >= 0.3 is 0 Å². The second kappa shape index (κ2) is 7.53. The molecule has 0 aliphatic carbocycles. The number of hydrogen-bond donors (Lipinski definition) is 1. The molecule has 0 spiro atoms. The number of nitrogens with zero attached hydrogens (tertiary/aromatic N) is 1. The van der Waals surface area contributed by atoms with E-state index in [1.165, 1.54) is 11.3 Å². The Morgan fingerprint density at radius 3 is 3.17 bits per heavy atom. The van der Waals surface area contributed by atoms with Gasteiger partial charge in [0.1, 0.15) is 21.7 Å². The molecule has 0 amide bonds. The van der Waals surface area contributed by atoms with Crippen molar-refractivity contribution >= 4 is 22.9 Å². The van der Waals surface area contributed by atoms with E-state index in [4.69, 9.17) is 20.8 Å². The molecule has 0 aliphatic heterocycles. The maximum Gasteiger partial charge on any atom is 0.129 e. The van der Waals surface area contributed by atoms with Gasteiger partial charge in [-0.05, 0) is 25.1 Å². The summed E-state index contributed by atoms with van der Waals surface area (Å²) in [4.78, 5) is 4.16. The van der Waals surface area contributed by atoms with Crippen LogP contribution in [0, 0.1) is 0 Å². The fraction of sp³-hybridized carbons (Fsp3) is 0.417. The normalized spacial score (nSPS) is 10.9. The summed E-state index contributed by atoms with van der Waals surface area (Å²) < 4.78 is 11.4. The molecule has 18 heavy (non-hydrogen) atoms. The number of furan rings is 1.